The molecule has 1 aromatic rings. The highest BCUT2D eigenvalue weighted by Crippen LogP contribution is 2.27. The maximum Gasteiger partial charge on any atom is 0.236 e. The number of likely N-dealkylation sites (N-methyl/N-ethyl adjacent to an activating group) is 1. The highest BCUT2D eigenvalue weighted by molar-refractivity contribution is 8.00. The highest BCUT2D eigenvalue weighted by atomic mass is 32.2. The molecule has 1 fully saturated rings. The molecule has 0 radical (unpaired) electrons. The van der Waals surface area contributed by atoms with Crippen LogP contribution in [0.5, 0.6) is 0 Å². The van der Waals surface area contributed by atoms with Gasteiger partial charge in [-0.25, -0.2) is 0 Å². The predicted molar refractivity (Wildman–Crippen MR) is 115 cm³/mol. The molecule has 1 heterocycles. The van der Waals surface area contributed by atoms with Gasteiger partial charge in [-0.05, 0) is 62.8 Å². The average molecular weight is 404 g/mol. The molecule has 0 spiro atoms. The van der Waals surface area contributed by atoms with Crippen LogP contribution >= 0.6 is 11.8 Å². The number of carbonyl (C=O) groups is 2. The predicted octanol–water partition coefficient (Wildman–Crippen LogP) is 2.67. The van der Waals surface area contributed by atoms with Crippen LogP contribution in [0, 0.1) is 0 Å². The molecule has 2 aliphatic rings. The largest absolute Gasteiger partial charge is 0.342 e. The van der Waals surface area contributed by atoms with Crippen LogP contribution < -0.4 is 0 Å². The molecule has 5 nitrogen and oxygen atoms in total. The number of thioether (sulfide) groups is 1. The van der Waals surface area contributed by atoms with Crippen molar-refractivity contribution in [2.45, 2.75) is 44.4 Å². The Morgan fingerprint density at radius 3 is 2.57 bits per heavy atom. The quantitative estimate of drug-likeness (QED) is 0.657. The number of fused-ring (bicyclic) bond motifs is 1. The van der Waals surface area contributed by atoms with Gasteiger partial charge in [0.2, 0.25) is 11.8 Å². The van der Waals surface area contributed by atoms with Crippen LogP contribution in [0.4, 0.5) is 0 Å². The number of amides is 2. The summed E-state index contributed by atoms with van der Waals surface area (Å²) in [5, 5.41) is 0. The SMILES string of the molecule is CCN(CC)C(=O)CN1CCCN(C(=O)CSc2ccc3c(c2)CCC3)CC1. The Kier molecular flexibility index (Phi) is 7.80. The Hall–Kier alpha value is -1.53. The number of benzene rings is 1. The number of hydrogen-bond acceptors (Lipinski definition) is 4. The van der Waals surface area contributed by atoms with Gasteiger partial charge >= 0.3 is 0 Å². The number of aryl methyl sites for hydroxylation is 2. The van der Waals surface area contributed by atoms with Crippen LogP contribution in [-0.4, -0.2) is 78.1 Å². The Bertz CT molecular complexity index is 690. The first-order valence-electron chi connectivity index (χ1n) is 10.6. The number of carbonyl (C=O) groups excluding carboxylic acids is 2. The van der Waals surface area contributed by atoms with Gasteiger partial charge in [0.25, 0.3) is 0 Å². The number of rotatable bonds is 7. The molecule has 0 bridgehead atoms. The summed E-state index contributed by atoms with van der Waals surface area (Å²) in [5.74, 6) is 0.899. The second-order valence-electron chi connectivity index (χ2n) is 7.65. The van der Waals surface area contributed by atoms with Crippen LogP contribution in [0.15, 0.2) is 23.1 Å². The van der Waals surface area contributed by atoms with Crippen molar-refractivity contribution in [3.8, 4) is 0 Å². The van der Waals surface area contributed by atoms with Gasteiger partial charge in [-0.2, -0.15) is 0 Å². The lowest BCUT2D eigenvalue weighted by atomic mass is 10.1. The van der Waals surface area contributed by atoms with E-state index in [4.69, 9.17) is 0 Å². The van der Waals surface area contributed by atoms with Crippen molar-refractivity contribution in [1.82, 2.24) is 14.7 Å². The Balaban J connectivity index is 1.45. The lowest BCUT2D eigenvalue weighted by molar-refractivity contribution is -0.132. The van der Waals surface area contributed by atoms with Crippen LogP contribution in [-0.2, 0) is 22.4 Å². The molecule has 1 aliphatic carbocycles. The van der Waals surface area contributed by atoms with E-state index in [9.17, 15) is 9.59 Å². The third-order valence-electron chi connectivity index (χ3n) is 5.85. The zero-order valence-corrected chi connectivity index (χ0v) is 18.1. The van der Waals surface area contributed by atoms with Crippen LogP contribution in [0.3, 0.4) is 0 Å². The molecule has 3 rings (SSSR count). The lowest BCUT2D eigenvalue weighted by Gasteiger charge is -2.25. The minimum atomic E-state index is 0.192. The molecule has 1 saturated heterocycles. The van der Waals surface area contributed by atoms with E-state index < -0.39 is 0 Å². The van der Waals surface area contributed by atoms with Gasteiger partial charge in [0, 0.05) is 44.2 Å². The molecule has 0 unspecified atom stereocenters. The first-order valence-corrected chi connectivity index (χ1v) is 11.6. The molecule has 1 aromatic carbocycles. The van der Waals surface area contributed by atoms with E-state index >= 15 is 0 Å². The zero-order valence-electron chi connectivity index (χ0n) is 17.3. The summed E-state index contributed by atoms with van der Waals surface area (Å²) in [7, 11) is 0. The highest BCUT2D eigenvalue weighted by Gasteiger charge is 2.22. The van der Waals surface area contributed by atoms with Crippen molar-refractivity contribution in [2.75, 3.05) is 51.6 Å². The lowest BCUT2D eigenvalue weighted by Crippen LogP contribution is -2.42. The first kappa shape index (κ1) is 21.2. The van der Waals surface area contributed by atoms with Gasteiger partial charge < -0.3 is 9.80 Å². The summed E-state index contributed by atoms with van der Waals surface area (Å²) in [6.45, 7) is 9.19. The number of hydrogen-bond donors (Lipinski definition) is 0. The normalized spacial score (nSPS) is 17.3. The second-order valence-corrected chi connectivity index (χ2v) is 8.70. The first-order chi connectivity index (χ1) is 13.6. The minimum Gasteiger partial charge on any atom is -0.342 e. The van der Waals surface area contributed by atoms with Crippen molar-refractivity contribution < 1.29 is 9.59 Å². The van der Waals surface area contributed by atoms with Crippen molar-refractivity contribution in [2.24, 2.45) is 0 Å². The maximum atomic E-state index is 12.7. The Morgan fingerprint density at radius 1 is 1.00 bits per heavy atom. The topological polar surface area (TPSA) is 43.9 Å². The minimum absolute atomic E-state index is 0.192. The number of nitrogens with zero attached hydrogens (tertiary/aromatic N) is 3. The van der Waals surface area contributed by atoms with E-state index in [0.717, 1.165) is 45.7 Å². The van der Waals surface area contributed by atoms with Crippen molar-refractivity contribution in [3.05, 3.63) is 29.3 Å². The fourth-order valence-electron chi connectivity index (χ4n) is 4.12. The molecule has 0 N–H and O–H groups in total. The third-order valence-corrected chi connectivity index (χ3v) is 6.83. The zero-order chi connectivity index (χ0) is 19.9. The van der Waals surface area contributed by atoms with Crippen LogP contribution in [0.25, 0.3) is 0 Å². The van der Waals surface area contributed by atoms with Gasteiger partial charge in [0.15, 0.2) is 0 Å². The Morgan fingerprint density at radius 2 is 1.79 bits per heavy atom. The summed E-state index contributed by atoms with van der Waals surface area (Å²) >= 11 is 1.65. The second kappa shape index (κ2) is 10.3. The van der Waals surface area contributed by atoms with Gasteiger partial charge in [0.1, 0.15) is 0 Å². The maximum absolute atomic E-state index is 12.7. The summed E-state index contributed by atoms with van der Waals surface area (Å²) in [5.41, 5.74) is 2.93. The third kappa shape index (κ3) is 5.51. The smallest absolute Gasteiger partial charge is 0.236 e. The summed E-state index contributed by atoms with van der Waals surface area (Å²) in [4.78, 5) is 32.3. The van der Waals surface area contributed by atoms with E-state index in [1.807, 2.05) is 23.6 Å². The van der Waals surface area contributed by atoms with Crippen molar-refractivity contribution in [1.29, 1.82) is 0 Å². The fraction of sp³-hybridized carbons (Fsp3) is 0.636. The van der Waals surface area contributed by atoms with Crippen molar-refractivity contribution in [3.63, 3.8) is 0 Å². The molecule has 0 saturated carbocycles. The molecule has 0 atom stereocenters. The summed E-state index contributed by atoms with van der Waals surface area (Å²) < 4.78 is 0. The van der Waals surface area contributed by atoms with E-state index in [-0.39, 0.29) is 11.8 Å². The van der Waals surface area contributed by atoms with E-state index in [0.29, 0.717) is 12.3 Å². The molecular formula is C22H33N3O2S. The molecule has 154 valence electrons. The molecule has 2 amide bonds. The molecule has 28 heavy (non-hydrogen) atoms. The monoisotopic (exact) mass is 403 g/mol. The van der Waals surface area contributed by atoms with E-state index in [1.165, 1.54) is 35.3 Å². The molecule has 6 heteroatoms. The van der Waals surface area contributed by atoms with Crippen molar-refractivity contribution >= 4 is 23.6 Å². The standard InChI is InChI=1S/C22H33N3O2S/c1-3-24(4-2)21(26)16-23-11-6-12-25(14-13-23)22(27)17-28-20-10-9-18-7-5-8-19(18)15-20/h9-10,15H,3-8,11-14,16-17H2,1-2H3. The molecular weight excluding hydrogens is 370 g/mol. The molecule has 0 aromatic heterocycles. The van der Waals surface area contributed by atoms with Gasteiger partial charge in [-0.3, -0.25) is 14.5 Å². The van der Waals surface area contributed by atoms with Crippen LogP contribution in [0.2, 0.25) is 0 Å². The van der Waals surface area contributed by atoms with Gasteiger partial charge in [-0.15, -0.1) is 11.8 Å². The fourth-order valence-corrected chi connectivity index (χ4v) is 4.98. The molecule has 1 aliphatic heterocycles. The van der Waals surface area contributed by atoms with Gasteiger partial charge in [0.05, 0.1) is 12.3 Å². The average Bonchev–Trinajstić information content (AvgIpc) is 3.04. The van der Waals surface area contributed by atoms with E-state index in [2.05, 4.69) is 23.1 Å². The van der Waals surface area contributed by atoms with Crippen LogP contribution in [0.1, 0.15) is 37.8 Å². The Labute approximate surface area is 173 Å². The summed E-state index contributed by atoms with van der Waals surface area (Å²) in [6.07, 6.45) is 4.55. The summed E-state index contributed by atoms with van der Waals surface area (Å²) in [6, 6.07) is 6.65. The van der Waals surface area contributed by atoms with Gasteiger partial charge in [-0.1, -0.05) is 6.07 Å². The van der Waals surface area contributed by atoms with E-state index in [1.54, 1.807) is 11.8 Å².